The van der Waals surface area contributed by atoms with E-state index in [2.05, 4.69) is 26.8 Å². The summed E-state index contributed by atoms with van der Waals surface area (Å²) in [6, 6.07) is 11.7. The molecule has 1 aliphatic rings. The fraction of sp³-hybridized carbons (Fsp3) is 0.360. The molecular weight excluding hydrogens is 468 g/mol. The lowest BCUT2D eigenvalue weighted by Gasteiger charge is -2.29. The Hall–Kier alpha value is -2.75. The van der Waals surface area contributed by atoms with Crippen LogP contribution in [0.1, 0.15) is 46.9 Å². The minimum atomic E-state index is -3.84. The molecule has 4 rings (SSSR count). The summed E-state index contributed by atoms with van der Waals surface area (Å²) < 4.78 is 28.4. The van der Waals surface area contributed by atoms with E-state index in [0.29, 0.717) is 21.9 Å². The van der Waals surface area contributed by atoms with Crippen molar-refractivity contribution in [1.29, 1.82) is 0 Å². The van der Waals surface area contributed by atoms with Gasteiger partial charge in [0.2, 0.25) is 0 Å². The van der Waals surface area contributed by atoms with E-state index in [0.717, 1.165) is 36.8 Å². The minimum absolute atomic E-state index is 0.0314. The van der Waals surface area contributed by atoms with E-state index in [1.54, 1.807) is 31.2 Å². The fourth-order valence-electron chi connectivity index (χ4n) is 3.99. The Kier molecular flexibility index (Phi) is 7.35. The molecule has 1 fully saturated rings. The lowest BCUT2D eigenvalue weighted by Crippen LogP contribution is -2.32. The smallest absolute Gasteiger partial charge is 0.261 e. The van der Waals surface area contributed by atoms with Crippen molar-refractivity contribution in [2.45, 2.75) is 45.1 Å². The van der Waals surface area contributed by atoms with E-state index < -0.39 is 10.0 Å². The third-order valence-corrected chi connectivity index (χ3v) is 8.25. The van der Waals surface area contributed by atoms with Gasteiger partial charge >= 0.3 is 0 Å². The summed E-state index contributed by atoms with van der Waals surface area (Å²) in [5.41, 5.74) is 3.34. The van der Waals surface area contributed by atoms with Crippen LogP contribution < -0.4 is 10.0 Å². The second-order valence-corrected chi connectivity index (χ2v) is 11.5. The molecule has 0 unspecified atom stereocenters. The van der Waals surface area contributed by atoms with Gasteiger partial charge in [-0.1, -0.05) is 25.1 Å². The number of aryl methyl sites for hydroxylation is 2. The molecule has 34 heavy (non-hydrogen) atoms. The van der Waals surface area contributed by atoms with Crippen LogP contribution in [0.25, 0.3) is 0 Å². The first kappa shape index (κ1) is 24.4. The van der Waals surface area contributed by atoms with Gasteiger partial charge in [0.15, 0.2) is 5.13 Å². The van der Waals surface area contributed by atoms with Crippen LogP contribution in [-0.2, 0) is 16.6 Å². The number of hydrogen-bond donors (Lipinski definition) is 2. The number of hydrogen-bond acceptors (Lipinski definition) is 6. The van der Waals surface area contributed by atoms with Crippen molar-refractivity contribution in [3.05, 3.63) is 70.2 Å². The molecule has 7 nitrogen and oxygen atoms in total. The number of aromatic nitrogens is 1. The van der Waals surface area contributed by atoms with Gasteiger partial charge in [0.05, 0.1) is 10.6 Å². The van der Waals surface area contributed by atoms with Gasteiger partial charge in [0, 0.05) is 23.2 Å². The number of amides is 1. The van der Waals surface area contributed by atoms with Crippen molar-refractivity contribution in [1.82, 2.24) is 9.88 Å². The van der Waals surface area contributed by atoms with Crippen molar-refractivity contribution >= 4 is 38.1 Å². The van der Waals surface area contributed by atoms with Gasteiger partial charge in [-0.3, -0.25) is 19.7 Å². The zero-order valence-electron chi connectivity index (χ0n) is 19.7. The summed E-state index contributed by atoms with van der Waals surface area (Å²) in [7, 11) is -3.84. The molecule has 2 heterocycles. The maximum absolute atomic E-state index is 13.0. The van der Waals surface area contributed by atoms with Crippen LogP contribution in [0, 0.1) is 19.8 Å². The summed E-state index contributed by atoms with van der Waals surface area (Å²) in [6.07, 6.45) is 2.40. The Morgan fingerprint density at radius 1 is 1.15 bits per heavy atom. The first-order valence-electron chi connectivity index (χ1n) is 11.4. The number of anilines is 2. The number of piperidine rings is 1. The molecule has 0 aliphatic carbocycles. The summed E-state index contributed by atoms with van der Waals surface area (Å²) in [4.78, 5) is 20.0. The maximum Gasteiger partial charge on any atom is 0.261 e. The van der Waals surface area contributed by atoms with Gasteiger partial charge in [-0.05, 0) is 81.1 Å². The number of benzene rings is 2. The molecule has 9 heteroatoms. The van der Waals surface area contributed by atoms with Crippen LogP contribution in [0.15, 0.2) is 52.7 Å². The number of nitrogens with one attached hydrogen (secondary N) is 2. The second kappa shape index (κ2) is 10.2. The average Bonchev–Trinajstić information content (AvgIpc) is 3.21. The maximum atomic E-state index is 13.0. The Morgan fingerprint density at radius 2 is 1.91 bits per heavy atom. The molecule has 1 aliphatic heterocycles. The van der Waals surface area contributed by atoms with Crippen LogP contribution in [0.5, 0.6) is 0 Å². The largest absolute Gasteiger partial charge is 0.298 e. The third kappa shape index (κ3) is 6.02. The topological polar surface area (TPSA) is 91.4 Å². The Morgan fingerprint density at radius 3 is 2.65 bits per heavy atom. The van der Waals surface area contributed by atoms with Crippen molar-refractivity contribution in [2.75, 3.05) is 23.1 Å². The van der Waals surface area contributed by atoms with Crippen LogP contribution in [0.4, 0.5) is 10.8 Å². The van der Waals surface area contributed by atoms with Gasteiger partial charge in [-0.2, -0.15) is 0 Å². The molecule has 1 amide bonds. The quantitative estimate of drug-likeness (QED) is 0.476. The van der Waals surface area contributed by atoms with Gasteiger partial charge in [0.1, 0.15) is 0 Å². The second-order valence-electron chi connectivity index (χ2n) is 9.01. The van der Waals surface area contributed by atoms with Crippen LogP contribution in [0.3, 0.4) is 0 Å². The van der Waals surface area contributed by atoms with E-state index in [-0.39, 0.29) is 10.8 Å². The number of nitrogens with zero attached hydrogens (tertiary/aromatic N) is 2. The molecule has 180 valence electrons. The van der Waals surface area contributed by atoms with Gasteiger partial charge < -0.3 is 0 Å². The predicted octanol–water partition coefficient (Wildman–Crippen LogP) is 5.04. The highest BCUT2D eigenvalue weighted by Gasteiger charge is 2.20. The highest BCUT2D eigenvalue weighted by Crippen LogP contribution is 2.24. The zero-order chi connectivity index (χ0) is 24.3. The summed E-state index contributed by atoms with van der Waals surface area (Å²) in [5.74, 6) is 0.397. The first-order chi connectivity index (χ1) is 16.2. The first-order valence-corrected chi connectivity index (χ1v) is 13.7. The SMILES string of the molecule is Cc1cccc(NS(=O)(=O)c2ccc(C)c(C(=O)Nc3nc(CN4CCC(C)CC4)cs3)c2)c1. The molecule has 3 aromatic rings. The van der Waals surface area contributed by atoms with Crippen molar-refractivity contribution in [2.24, 2.45) is 5.92 Å². The van der Waals surface area contributed by atoms with Crippen molar-refractivity contribution in [3.63, 3.8) is 0 Å². The molecular formula is C25H30N4O3S2. The van der Waals surface area contributed by atoms with Gasteiger partial charge in [0.25, 0.3) is 15.9 Å². The van der Waals surface area contributed by atoms with Crippen LogP contribution in [0.2, 0.25) is 0 Å². The van der Waals surface area contributed by atoms with E-state index >= 15 is 0 Å². The number of carbonyl (C=O) groups is 1. The van der Waals surface area contributed by atoms with Gasteiger partial charge in [-0.15, -0.1) is 11.3 Å². The summed E-state index contributed by atoms with van der Waals surface area (Å²) in [5, 5.41) is 5.31. The Bertz CT molecular complexity index is 1280. The van der Waals surface area contributed by atoms with E-state index in [9.17, 15) is 13.2 Å². The average molecular weight is 499 g/mol. The summed E-state index contributed by atoms with van der Waals surface area (Å²) >= 11 is 1.38. The molecule has 0 radical (unpaired) electrons. The lowest BCUT2D eigenvalue weighted by atomic mass is 9.99. The third-order valence-electron chi connectivity index (χ3n) is 6.07. The molecule has 0 atom stereocenters. The standard InChI is InChI=1S/C25H30N4O3S2/c1-17-9-11-29(12-10-17)15-21-16-33-25(26-21)27-24(30)23-14-22(8-7-19(23)3)34(31,32)28-20-6-4-5-18(2)13-20/h4-8,13-14,16-17,28H,9-12,15H2,1-3H3,(H,26,27,30). The molecule has 0 spiro atoms. The van der Waals surface area contributed by atoms with Gasteiger partial charge in [-0.25, -0.2) is 13.4 Å². The lowest BCUT2D eigenvalue weighted by molar-refractivity contribution is 0.102. The van der Waals surface area contributed by atoms with E-state index in [1.165, 1.54) is 36.3 Å². The molecule has 0 bridgehead atoms. The molecule has 2 N–H and O–H groups in total. The van der Waals surface area contributed by atoms with Crippen LogP contribution >= 0.6 is 11.3 Å². The number of rotatable bonds is 7. The molecule has 0 saturated carbocycles. The predicted molar refractivity (Wildman–Crippen MR) is 137 cm³/mol. The van der Waals surface area contributed by atoms with Crippen molar-refractivity contribution in [3.8, 4) is 0 Å². The monoisotopic (exact) mass is 498 g/mol. The highest BCUT2D eigenvalue weighted by atomic mass is 32.2. The van der Waals surface area contributed by atoms with Crippen molar-refractivity contribution < 1.29 is 13.2 Å². The highest BCUT2D eigenvalue weighted by molar-refractivity contribution is 7.92. The Balaban J connectivity index is 1.45. The summed E-state index contributed by atoms with van der Waals surface area (Å²) in [6.45, 7) is 8.87. The van der Waals surface area contributed by atoms with Crippen LogP contribution in [-0.4, -0.2) is 37.3 Å². The zero-order valence-corrected chi connectivity index (χ0v) is 21.3. The minimum Gasteiger partial charge on any atom is -0.298 e. The molecule has 1 saturated heterocycles. The fourth-order valence-corrected chi connectivity index (χ4v) is 5.76. The molecule has 1 aromatic heterocycles. The number of carbonyl (C=O) groups excluding carboxylic acids is 1. The van der Waals surface area contributed by atoms with E-state index in [4.69, 9.17) is 0 Å². The molecule has 2 aromatic carbocycles. The Labute approximate surface area is 205 Å². The normalized spacial score (nSPS) is 15.3. The van der Waals surface area contributed by atoms with E-state index in [1.807, 2.05) is 18.4 Å². The number of sulfonamides is 1. The number of thiazole rings is 1. The number of likely N-dealkylation sites (tertiary alicyclic amines) is 1.